The molecule has 2 aliphatic carbocycles. The maximum Gasteiger partial charge on any atom is 0.0575 e. The second kappa shape index (κ2) is 5.50. The first-order chi connectivity index (χ1) is 9.90. The molecule has 108 valence electrons. The van der Waals surface area contributed by atoms with E-state index >= 15 is 0 Å². The number of nitrogens with zero attached hydrogens (tertiary/aromatic N) is 1. The Morgan fingerprint density at radius 1 is 1.00 bits per heavy atom. The van der Waals surface area contributed by atoms with Crippen LogP contribution in [0, 0.1) is 17.8 Å². The van der Waals surface area contributed by atoms with Crippen molar-refractivity contribution in [3.63, 3.8) is 0 Å². The highest BCUT2D eigenvalue weighted by Crippen LogP contribution is 2.52. The molecule has 1 saturated heterocycles. The van der Waals surface area contributed by atoms with Crippen LogP contribution in [-0.4, -0.2) is 30.7 Å². The Morgan fingerprint density at radius 3 is 2.40 bits per heavy atom. The van der Waals surface area contributed by atoms with E-state index in [2.05, 4.69) is 35.2 Å². The SMILES string of the molecule is c1ccc(CN2C[C@@H]3C(COC4CCCC4)[C@@H]3C2)cc1. The molecule has 0 bridgehead atoms. The number of benzene rings is 1. The van der Waals surface area contributed by atoms with Gasteiger partial charge in [-0.2, -0.15) is 0 Å². The molecule has 0 spiro atoms. The van der Waals surface area contributed by atoms with E-state index < -0.39 is 0 Å². The van der Waals surface area contributed by atoms with Crippen molar-refractivity contribution in [1.82, 2.24) is 4.90 Å². The van der Waals surface area contributed by atoms with Gasteiger partial charge in [-0.1, -0.05) is 43.2 Å². The molecule has 0 N–H and O–H groups in total. The van der Waals surface area contributed by atoms with Crippen LogP contribution in [0.15, 0.2) is 30.3 Å². The molecule has 3 fully saturated rings. The van der Waals surface area contributed by atoms with Gasteiger partial charge in [-0.05, 0) is 36.2 Å². The Balaban J connectivity index is 1.21. The minimum Gasteiger partial charge on any atom is -0.378 e. The number of piperidine rings is 1. The van der Waals surface area contributed by atoms with Crippen molar-refractivity contribution in [2.75, 3.05) is 19.7 Å². The number of hydrogen-bond acceptors (Lipinski definition) is 2. The minimum absolute atomic E-state index is 0.594. The summed E-state index contributed by atoms with van der Waals surface area (Å²) in [7, 11) is 0. The highest BCUT2D eigenvalue weighted by Gasteiger charge is 2.55. The maximum absolute atomic E-state index is 6.10. The van der Waals surface area contributed by atoms with Crippen LogP contribution in [0.5, 0.6) is 0 Å². The summed E-state index contributed by atoms with van der Waals surface area (Å²) in [5.74, 6) is 2.74. The summed E-state index contributed by atoms with van der Waals surface area (Å²) in [6, 6.07) is 10.9. The number of ether oxygens (including phenoxy) is 1. The van der Waals surface area contributed by atoms with Gasteiger partial charge in [-0.3, -0.25) is 4.90 Å². The van der Waals surface area contributed by atoms with E-state index in [-0.39, 0.29) is 0 Å². The normalized spacial score (nSPS) is 33.5. The average Bonchev–Trinajstić information content (AvgIpc) is 2.91. The Bertz CT molecular complexity index is 428. The lowest BCUT2D eigenvalue weighted by molar-refractivity contribution is 0.0423. The van der Waals surface area contributed by atoms with Gasteiger partial charge in [0, 0.05) is 19.6 Å². The van der Waals surface area contributed by atoms with Crippen molar-refractivity contribution in [3.8, 4) is 0 Å². The fraction of sp³-hybridized carbons (Fsp3) is 0.667. The van der Waals surface area contributed by atoms with Crippen LogP contribution >= 0.6 is 0 Å². The largest absolute Gasteiger partial charge is 0.378 e. The van der Waals surface area contributed by atoms with Crippen molar-refractivity contribution < 1.29 is 4.74 Å². The summed E-state index contributed by atoms with van der Waals surface area (Å²) >= 11 is 0. The van der Waals surface area contributed by atoms with Crippen molar-refractivity contribution in [1.29, 1.82) is 0 Å². The third-order valence-electron chi connectivity index (χ3n) is 5.52. The van der Waals surface area contributed by atoms with E-state index in [1.165, 1.54) is 44.3 Å². The van der Waals surface area contributed by atoms with Gasteiger partial charge in [0.05, 0.1) is 12.7 Å². The molecule has 1 aromatic carbocycles. The number of hydrogen-bond donors (Lipinski definition) is 0. The summed E-state index contributed by atoms with van der Waals surface area (Å²) in [5, 5.41) is 0. The summed E-state index contributed by atoms with van der Waals surface area (Å²) in [6.45, 7) is 4.75. The van der Waals surface area contributed by atoms with Crippen molar-refractivity contribution in [2.24, 2.45) is 17.8 Å². The second-order valence-electron chi connectivity index (χ2n) is 6.91. The van der Waals surface area contributed by atoms with Crippen LogP contribution in [0.2, 0.25) is 0 Å². The fourth-order valence-electron chi connectivity index (χ4n) is 4.26. The Labute approximate surface area is 122 Å². The third kappa shape index (κ3) is 2.64. The predicted molar refractivity (Wildman–Crippen MR) is 80.4 cm³/mol. The van der Waals surface area contributed by atoms with Crippen molar-refractivity contribution in [3.05, 3.63) is 35.9 Å². The molecular weight excluding hydrogens is 246 g/mol. The molecule has 0 amide bonds. The minimum atomic E-state index is 0.594. The topological polar surface area (TPSA) is 12.5 Å². The molecule has 1 unspecified atom stereocenters. The number of fused-ring (bicyclic) bond motifs is 1. The monoisotopic (exact) mass is 271 g/mol. The zero-order valence-corrected chi connectivity index (χ0v) is 12.2. The van der Waals surface area contributed by atoms with Gasteiger partial charge in [0.15, 0.2) is 0 Å². The molecular formula is C18H25NO. The van der Waals surface area contributed by atoms with Crippen LogP contribution < -0.4 is 0 Å². The lowest BCUT2D eigenvalue weighted by Crippen LogP contribution is -2.25. The zero-order valence-electron chi connectivity index (χ0n) is 12.2. The van der Waals surface area contributed by atoms with Gasteiger partial charge < -0.3 is 4.74 Å². The lowest BCUT2D eigenvalue weighted by atomic mass is 10.2. The Morgan fingerprint density at radius 2 is 1.70 bits per heavy atom. The molecule has 1 heterocycles. The molecule has 20 heavy (non-hydrogen) atoms. The van der Waals surface area contributed by atoms with Gasteiger partial charge in [0.2, 0.25) is 0 Å². The van der Waals surface area contributed by atoms with E-state index in [0.717, 1.165) is 30.9 Å². The second-order valence-corrected chi connectivity index (χ2v) is 6.91. The van der Waals surface area contributed by atoms with Crippen LogP contribution in [0.1, 0.15) is 31.2 Å². The summed E-state index contributed by atoms with van der Waals surface area (Å²) in [6.07, 6.45) is 5.97. The Kier molecular flexibility index (Phi) is 3.53. The van der Waals surface area contributed by atoms with Crippen LogP contribution in [0.3, 0.4) is 0 Å². The predicted octanol–water partition coefficient (Wildman–Crippen LogP) is 3.32. The first-order valence-corrected chi connectivity index (χ1v) is 8.28. The van der Waals surface area contributed by atoms with E-state index in [1.807, 2.05) is 0 Å². The van der Waals surface area contributed by atoms with Crippen molar-refractivity contribution in [2.45, 2.75) is 38.3 Å². The van der Waals surface area contributed by atoms with Gasteiger partial charge in [-0.25, -0.2) is 0 Å². The van der Waals surface area contributed by atoms with E-state index in [1.54, 1.807) is 0 Å². The summed E-state index contributed by atoms with van der Waals surface area (Å²) in [5.41, 5.74) is 1.45. The molecule has 3 aliphatic rings. The van der Waals surface area contributed by atoms with E-state index in [9.17, 15) is 0 Å². The molecule has 2 nitrogen and oxygen atoms in total. The van der Waals surface area contributed by atoms with Crippen LogP contribution in [0.25, 0.3) is 0 Å². The molecule has 0 aromatic heterocycles. The highest BCUT2D eigenvalue weighted by atomic mass is 16.5. The van der Waals surface area contributed by atoms with E-state index in [4.69, 9.17) is 4.74 Å². The van der Waals surface area contributed by atoms with Crippen LogP contribution in [0.4, 0.5) is 0 Å². The first-order valence-electron chi connectivity index (χ1n) is 8.28. The molecule has 2 heteroatoms. The van der Waals surface area contributed by atoms with Crippen molar-refractivity contribution >= 4 is 0 Å². The number of rotatable bonds is 5. The lowest BCUT2D eigenvalue weighted by Gasteiger charge is -2.20. The number of likely N-dealkylation sites (tertiary alicyclic amines) is 1. The maximum atomic E-state index is 6.10. The molecule has 0 radical (unpaired) electrons. The Hall–Kier alpha value is -0.860. The smallest absolute Gasteiger partial charge is 0.0575 e. The van der Waals surface area contributed by atoms with Gasteiger partial charge in [0.1, 0.15) is 0 Å². The average molecular weight is 271 g/mol. The van der Waals surface area contributed by atoms with Gasteiger partial charge in [-0.15, -0.1) is 0 Å². The highest BCUT2D eigenvalue weighted by molar-refractivity contribution is 5.16. The molecule has 3 atom stereocenters. The fourth-order valence-corrected chi connectivity index (χ4v) is 4.26. The quantitative estimate of drug-likeness (QED) is 0.814. The molecule has 2 saturated carbocycles. The molecule has 1 aromatic rings. The summed E-state index contributed by atoms with van der Waals surface area (Å²) < 4.78 is 6.10. The zero-order chi connectivity index (χ0) is 13.4. The molecule has 4 rings (SSSR count). The standard InChI is InChI=1S/C18H25NO/c1-2-6-14(7-3-1)10-19-11-16-17(12-19)18(16)13-20-15-8-4-5-9-15/h1-3,6-7,15-18H,4-5,8-13H2/t16-,17+,18?. The van der Waals surface area contributed by atoms with Gasteiger partial charge >= 0.3 is 0 Å². The summed E-state index contributed by atoms with van der Waals surface area (Å²) in [4.78, 5) is 2.62. The van der Waals surface area contributed by atoms with E-state index in [0.29, 0.717) is 6.10 Å². The van der Waals surface area contributed by atoms with Gasteiger partial charge in [0.25, 0.3) is 0 Å². The first kappa shape index (κ1) is 12.8. The molecule has 1 aliphatic heterocycles. The third-order valence-corrected chi connectivity index (χ3v) is 5.52. The van der Waals surface area contributed by atoms with Crippen LogP contribution in [-0.2, 0) is 11.3 Å².